The van der Waals surface area contributed by atoms with Crippen LogP contribution in [0.5, 0.6) is 0 Å². The van der Waals surface area contributed by atoms with Crippen LogP contribution in [0, 0.1) is 19.7 Å². The first-order chi connectivity index (χ1) is 6.70. The highest BCUT2D eigenvalue weighted by molar-refractivity contribution is 5.64. The van der Waals surface area contributed by atoms with Gasteiger partial charge in [0.05, 0.1) is 5.69 Å². The number of rotatable bonds is 1. The van der Waals surface area contributed by atoms with Crippen LogP contribution in [-0.2, 0) is 0 Å². The van der Waals surface area contributed by atoms with Crippen LogP contribution < -0.4 is 0 Å². The van der Waals surface area contributed by atoms with Gasteiger partial charge in [-0.2, -0.15) is 5.10 Å². The number of nitrogens with one attached hydrogen (secondary N) is 1. The summed E-state index contributed by atoms with van der Waals surface area (Å²) in [5.41, 5.74) is 2.75. The first kappa shape index (κ1) is 8.94. The molecule has 14 heavy (non-hydrogen) atoms. The molecule has 0 fully saturated rings. The van der Waals surface area contributed by atoms with Gasteiger partial charge in [0, 0.05) is 5.56 Å². The minimum absolute atomic E-state index is 0.265. The zero-order valence-electron chi connectivity index (χ0n) is 8.13. The van der Waals surface area contributed by atoms with Crippen LogP contribution in [-0.4, -0.2) is 10.2 Å². The molecule has 2 nitrogen and oxygen atoms in total. The maximum atomic E-state index is 13.5. The predicted octanol–water partition coefficient (Wildman–Crippen LogP) is 2.83. The number of aryl methyl sites for hydroxylation is 2. The fraction of sp³-hybridized carbons (Fsp3) is 0.182. The SMILES string of the molecule is Cc1ccccc1-c1n[nH]c(C)c1F. The summed E-state index contributed by atoms with van der Waals surface area (Å²) < 4.78 is 13.5. The lowest BCUT2D eigenvalue weighted by Crippen LogP contribution is -1.85. The van der Waals surface area contributed by atoms with Crippen molar-refractivity contribution >= 4 is 0 Å². The van der Waals surface area contributed by atoms with Gasteiger partial charge in [-0.1, -0.05) is 24.3 Å². The smallest absolute Gasteiger partial charge is 0.171 e. The number of H-pyrrole nitrogens is 1. The van der Waals surface area contributed by atoms with Crippen molar-refractivity contribution in [3.05, 3.63) is 41.3 Å². The molecular formula is C11H11FN2. The molecule has 0 aliphatic carbocycles. The first-order valence-electron chi connectivity index (χ1n) is 4.46. The Morgan fingerprint density at radius 1 is 1.21 bits per heavy atom. The Kier molecular flexibility index (Phi) is 2.08. The van der Waals surface area contributed by atoms with Crippen molar-refractivity contribution in [2.75, 3.05) is 0 Å². The van der Waals surface area contributed by atoms with Crippen LogP contribution in [0.15, 0.2) is 24.3 Å². The molecule has 0 saturated heterocycles. The topological polar surface area (TPSA) is 28.7 Å². The highest BCUT2D eigenvalue weighted by Crippen LogP contribution is 2.24. The normalized spacial score (nSPS) is 10.5. The van der Waals surface area contributed by atoms with Crippen molar-refractivity contribution in [3.63, 3.8) is 0 Å². The molecule has 1 aromatic heterocycles. The van der Waals surface area contributed by atoms with E-state index >= 15 is 0 Å². The fourth-order valence-corrected chi connectivity index (χ4v) is 1.43. The number of benzene rings is 1. The van der Waals surface area contributed by atoms with Crippen molar-refractivity contribution in [1.29, 1.82) is 0 Å². The second-order valence-corrected chi connectivity index (χ2v) is 3.33. The third kappa shape index (κ3) is 1.31. The van der Waals surface area contributed by atoms with Gasteiger partial charge < -0.3 is 0 Å². The molecule has 72 valence electrons. The van der Waals surface area contributed by atoms with Gasteiger partial charge in [0.25, 0.3) is 0 Å². The van der Waals surface area contributed by atoms with E-state index in [4.69, 9.17) is 0 Å². The summed E-state index contributed by atoms with van der Waals surface area (Å²) in [5, 5.41) is 6.58. The average Bonchev–Trinajstić information content (AvgIpc) is 2.49. The molecule has 0 radical (unpaired) electrons. The van der Waals surface area contributed by atoms with Gasteiger partial charge in [-0.05, 0) is 19.4 Å². The molecule has 0 aliphatic heterocycles. The molecule has 2 aromatic rings. The van der Waals surface area contributed by atoms with Crippen molar-refractivity contribution in [2.24, 2.45) is 0 Å². The highest BCUT2D eigenvalue weighted by Gasteiger charge is 2.12. The lowest BCUT2D eigenvalue weighted by molar-refractivity contribution is 0.622. The summed E-state index contributed by atoms with van der Waals surface area (Å²) in [7, 11) is 0. The summed E-state index contributed by atoms with van der Waals surface area (Å²) >= 11 is 0. The van der Waals surface area contributed by atoms with Gasteiger partial charge in [-0.25, -0.2) is 4.39 Å². The van der Waals surface area contributed by atoms with Gasteiger partial charge >= 0.3 is 0 Å². The van der Waals surface area contributed by atoms with Gasteiger partial charge in [0.1, 0.15) is 5.69 Å². The zero-order chi connectivity index (χ0) is 10.1. The first-order valence-corrected chi connectivity index (χ1v) is 4.46. The van der Waals surface area contributed by atoms with E-state index in [-0.39, 0.29) is 5.82 Å². The van der Waals surface area contributed by atoms with Crippen LogP contribution >= 0.6 is 0 Å². The van der Waals surface area contributed by atoms with Crippen molar-refractivity contribution in [2.45, 2.75) is 13.8 Å². The third-order valence-electron chi connectivity index (χ3n) is 2.27. The van der Waals surface area contributed by atoms with Crippen LogP contribution in [0.4, 0.5) is 4.39 Å². The summed E-state index contributed by atoms with van der Waals surface area (Å²) in [6.07, 6.45) is 0. The molecule has 1 aromatic carbocycles. The van der Waals surface area contributed by atoms with Crippen LogP contribution in [0.25, 0.3) is 11.3 Å². The van der Waals surface area contributed by atoms with Gasteiger partial charge in [-0.15, -0.1) is 0 Å². The molecular weight excluding hydrogens is 179 g/mol. The molecule has 3 heteroatoms. The number of nitrogens with zero attached hydrogens (tertiary/aromatic N) is 1. The van der Waals surface area contributed by atoms with E-state index in [1.54, 1.807) is 6.92 Å². The van der Waals surface area contributed by atoms with Crippen molar-refractivity contribution < 1.29 is 4.39 Å². The van der Waals surface area contributed by atoms with Crippen LogP contribution in [0.3, 0.4) is 0 Å². The Morgan fingerprint density at radius 2 is 1.93 bits per heavy atom. The van der Waals surface area contributed by atoms with Gasteiger partial charge in [0.2, 0.25) is 0 Å². The molecule has 0 atom stereocenters. The Morgan fingerprint density at radius 3 is 2.50 bits per heavy atom. The maximum absolute atomic E-state index is 13.5. The number of hydrogen-bond acceptors (Lipinski definition) is 1. The zero-order valence-corrected chi connectivity index (χ0v) is 8.13. The lowest BCUT2D eigenvalue weighted by Gasteiger charge is -2.00. The van der Waals surface area contributed by atoms with E-state index in [9.17, 15) is 4.39 Å². The van der Waals surface area contributed by atoms with Gasteiger partial charge in [0.15, 0.2) is 5.82 Å². The number of aromatic amines is 1. The number of hydrogen-bond donors (Lipinski definition) is 1. The number of halogens is 1. The predicted molar refractivity (Wildman–Crippen MR) is 53.5 cm³/mol. The standard InChI is InChI=1S/C11H11FN2/c1-7-5-3-4-6-9(7)11-10(12)8(2)13-14-11/h3-6H,1-2H3,(H,13,14). The highest BCUT2D eigenvalue weighted by atomic mass is 19.1. The van der Waals surface area contributed by atoms with E-state index in [1.165, 1.54) is 0 Å². The van der Waals surface area contributed by atoms with E-state index in [2.05, 4.69) is 10.2 Å². The number of aromatic nitrogens is 2. The summed E-state index contributed by atoms with van der Waals surface area (Å²) in [4.78, 5) is 0. The van der Waals surface area contributed by atoms with E-state index in [0.717, 1.165) is 11.1 Å². The van der Waals surface area contributed by atoms with Crippen molar-refractivity contribution in [3.8, 4) is 11.3 Å². The molecule has 1 N–H and O–H groups in total. The van der Waals surface area contributed by atoms with Crippen LogP contribution in [0.2, 0.25) is 0 Å². The van der Waals surface area contributed by atoms with Crippen molar-refractivity contribution in [1.82, 2.24) is 10.2 Å². The Hall–Kier alpha value is -1.64. The summed E-state index contributed by atoms with van der Waals surface area (Å²) in [6, 6.07) is 7.62. The minimum atomic E-state index is -0.265. The molecule has 0 aliphatic rings. The Bertz CT molecular complexity index is 460. The van der Waals surface area contributed by atoms with E-state index in [0.29, 0.717) is 11.4 Å². The largest absolute Gasteiger partial charge is 0.279 e. The van der Waals surface area contributed by atoms with Crippen LogP contribution in [0.1, 0.15) is 11.3 Å². The third-order valence-corrected chi connectivity index (χ3v) is 2.27. The summed E-state index contributed by atoms with van der Waals surface area (Å²) in [6.45, 7) is 3.61. The Balaban J connectivity index is 2.60. The molecule has 0 amide bonds. The van der Waals surface area contributed by atoms with E-state index in [1.807, 2.05) is 31.2 Å². The van der Waals surface area contributed by atoms with E-state index < -0.39 is 0 Å². The molecule has 0 unspecified atom stereocenters. The Labute approximate surface area is 81.8 Å². The minimum Gasteiger partial charge on any atom is -0.279 e. The molecule has 2 rings (SSSR count). The lowest BCUT2D eigenvalue weighted by atomic mass is 10.1. The quantitative estimate of drug-likeness (QED) is 0.736. The average molecular weight is 190 g/mol. The fourth-order valence-electron chi connectivity index (χ4n) is 1.43. The molecule has 0 saturated carbocycles. The van der Waals surface area contributed by atoms with Gasteiger partial charge in [-0.3, -0.25) is 5.10 Å². The molecule has 0 bridgehead atoms. The molecule has 1 heterocycles. The second kappa shape index (κ2) is 3.25. The second-order valence-electron chi connectivity index (χ2n) is 3.33. The monoisotopic (exact) mass is 190 g/mol. The maximum Gasteiger partial charge on any atom is 0.171 e. The molecule has 0 spiro atoms. The summed E-state index contributed by atoms with van der Waals surface area (Å²) in [5.74, 6) is -0.265.